The van der Waals surface area contributed by atoms with Crippen LogP contribution in [0.15, 0.2) is 28.2 Å². The van der Waals surface area contributed by atoms with Gasteiger partial charge in [0.05, 0.1) is 18.3 Å². The van der Waals surface area contributed by atoms with Gasteiger partial charge >= 0.3 is 0 Å². The Balaban J connectivity index is 2.59. The molecule has 0 aliphatic carbocycles. The minimum atomic E-state index is -3.63. The minimum Gasteiger partial charge on any atom is -0.465 e. The first kappa shape index (κ1) is 13.0. The minimum absolute atomic E-state index is 0.151. The topological polar surface area (TPSA) is 56.5 Å². The molecule has 0 N–H and O–H groups in total. The summed E-state index contributed by atoms with van der Waals surface area (Å²) in [5, 5.41) is 0.998. The summed E-state index contributed by atoms with van der Waals surface area (Å²) in [5.41, 5.74) is -0.189. The fraction of sp³-hybridized carbons (Fsp3) is 0.455. The van der Waals surface area contributed by atoms with Crippen LogP contribution >= 0.6 is 0 Å². The second-order valence-corrected chi connectivity index (χ2v) is 6.13. The van der Waals surface area contributed by atoms with Crippen molar-refractivity contribution >= 4 is 16.2 Å². The zero-order valence-corrected chi connectivity index (χ0v) is 10.5. The van der Waals surface area contributed by atoms with E-state index in [0.717, 1.165) is 5.41 Å². The smallest absolute Gasteiger partial charge is 0.290 e. The van der Waals surface area contributed by atoms with Crippen LogP contribution in [-0.4, -0.2) is 15.0 Å². The molecule has 0 unspecified atom stereocenters. The summed E-state index contributed by atoms with van der Waals surface area (Å²) in [7, 11) is -3.63. The fourth-order valence-electron chi connectivity index (χ4n) is 0.835. The molecule has 1 heterocycles. The Morgan fingerprint density at radius 3 is 2.62 bits per heavy atom. The van der Waals surface area contributed by atoms with E-state index < -0.39 is 10.1 Å². The van der Waals surface area contributed by atoms with Crippen molar-refractivity contribution in [3.8, 4) is 0 Å². The maximum absolute atomic E-state index is 11.4. The highest BCUT2D eigenvalue weighted by molar-refractivity contribution is 7.89. The van der Waals surface area contributed by atoms with Crippen molar-refractivity contribution in [2.24, 2.45) is 5.41 Å². The third kappa shape index (κ3) is 5.14. The van der Waals surface area contributed by atoms with E-state index in [4.69, 9.17) is 8.60 Å². The van der Waals surface area contributed by atoms with Crippen LogP contribution in [0.25, 0.3) is 6.08 Å². The van der Waals surface area contributed by atoms with Gasteiger partial charge in [-0.25, -0.2) is 0 Å². The van der Waals surface area contributed by atoms with Crippen molar-refractivity contribution in [1.82, 2.24) is 0 Å². The van der Waals surface area contributed by atoms with E-state index in [-0.39, 0.29) is 12.0 Å². The molecule has 1 aromatic rings. The van der Waals surface area contributed by atoms with E-state index in [0.29, 0.717) is 5.76 Å². The van der Waals surface area contributed by atoms with Crippen LogP contribution in [0.5, 0.6) is 0 Å². The van der Waals surface area contributed by atoms with Gasteiger partial charge in [0.2, 0.25) is 0 Å². The molecule has 0 saturated heterocycles. The standard InChI is InChI=1S/C11H16O4S/c1-11(2,3)9-15-16(12,13)8-6-10-5-4-7-14-10/h4-8H,9H2,1-3H3/b8-6+. The second kappa shape index (κ2) is 4.84. The molecule has 90 valence electrons. The van der Waals surface area contributed by atoms with E-state index in [2.05, 4.69) is 0 Å². The molecule has 16 heavy (non-hydrogen) atoms. The Morgan fingerprint density at radius 2 is 2.12 bits per heavy atom. The summed E-state index contributed by atoms with van der Waals surface area (Å²) in [4.78, 5) is 0. The number of rotatable bonds is 4. The highest BCUT2D eigenvalue weighted by atomic mass is 32.2. The summed E-state index contributed by atoms with van der Waals surface area (Å²) < 4.78 is 32.6. The third-order valence-corrected chi connectivity index (χ3v) is 2.51. The second-order valence-electron chi connectivity index (χ2n) is 4.63. The van der Waals surface area contributed by atoms with E-state index in [9.17, 15) is 8.42 Å². The number of hydrogen-bond acceptors (Lipinski definition) is 4. The van der Waals surface area contributed by atoms with Gasteiger partial charge in [-0.1, -0.05) is 20.8 Å². The van der Waals surface area contributed by atoms with Crippen LogP contribution in [0.2, 0.25) is 0 Å². The molecular weight excluding hydrogens is 228 g/mol. The van der Waals surface area contributed by atoms with Crippen molar-refractivity contribution in [2.75, 3.05) is 6.61 Å². The summed E-state index contributed by atoms with van der Waals surface area (Å²) in [6.07, 6.45) is 2.83. The predicted molar refractivity (Wildman–Crippen MR) is 62.1 cm³/mol. The maximum atomic E-state index is 11.4. The summed E-state index contributed by atoms with van der Waals surface area (Å²) >= 11 is 0. The first-order valence-electron chi connectivity index (χ1n) is 4.90. The highest BCUT2D eigenvalue weighted by Gasteiger charge is 2.15. The van der Waals surface area contributed by atoms with Crippen molar-refractivity contribution in [2.45, 2.75) is 20.8 Å². The SMILES string of the molecule is CC(C)(C)COS(=O)(=O)/C=C/c1ccco1. The molecule has 0 spiro atoms. The molecule has 5 heteroatoms. The van der Waals surface area contributed by atoms with Gasteiger partial charge in [-0.05, 0) is 23.6 Å². The number of hydrogen-bond donors (Lipinski definition) is 0. The number of furan rings is 1. The van der Waals surface area contributed by atoms with Gasteiger partial charge in [0.15, 0.2) is 0 Å². The molecule has 0 amide bonds. The van der Waals surface area contributed by atoms with Crippen molar-refractivity contribution < 1.29 is 17.0 Å². The van der Waals surface area contributed by atoms with E-state index in [1.54, 1.807) is 12.1 Å². The van der Waals surface area contributed by atoms with Crippen LogP contribution in [0.1, 0.15) is 26.5 Å². The lowest BCUT2D eigenvalue weighted by Gasteiger charge is -2.16. The molecular formula is C11H16O4S. The molecule has 0 fully saturated rings. The van der Waals surface area contributed by atoms with Gasteiger partial charge in [-0.2, -0.15) is 8.42 Å². The molecule has 4 nitrogen and oxygen atoms in total. The molecule has 0 radical (unpaired) electrons. The average Bonchev–Trinajstić information content (AvgIpc) is 2.64. The summed E-state index contributed by atoms with van der Waals surface area (Å²) in [6, 6.07) is 3.35. The fourth-order valence-corrected chi connectivity index (χ4v) is 1.73. The van der Waals surface area contributed by atoms with Crippen LogP contribution in [0.3, 0.4) is 0 Å². The Hall–Kier alpha value is -1.07. The first-order valence-corrected chi connectivity index (χ1v) is 6.37. The van der Waals surface area contributed by atoms with E-state index >= 15 is 0 Å². The zero-order valence-electron chi connectivity index (χ0n) is 9.64. The molecule has 0 aliphatic heterocycles. The van der Waals surface area contributed by atoms with E-state index in [1.165, 1.54) is 12.3 Å². The van der Waals surface area contributed by atoms with Crippen molar-refractivity contribution in [3.63, 3.8) is 0 Å². The molecule has 1 rings (SSSR count). The first-order chi connectivity index (χ1) is 7.29. The normalized spacial score (nSPS) is 13.4. The monoisotopic (exact) mass is 244 g/mol. The van der Waals surface area contributed by atoms with Crippen molar-refractivity contribution in [1.29, 1.82) is 0 Å². The molecule has 0 aliphatic rings. The lowest BCUT2D eigenvalue weighted by Crippen LogP contribution is -2.17. The summed E-state index contributed by atoms with van der Waals surface area (Å²) in [5.74, 6) is 0.475. The van der Waals surface area contributed by atoms with Gasteiger partial charge in [-0.3, -0.25) is 4.18 Å². The third-order valence-electron chi connectivity index (χ3n) is 1.60. The van der Waals surface area contributed by atoms with Crippen molar-refractivity contribution in [3.05, 3.63) is 29.6 Å². The Kier molecular flexibility index (Phi) is 3.93. The summed E-state index contributed by atoms with van der Waals surface area (Å²) in [6.45, 7) is 5.86. The highest BCUT2D eigenvalue weighted by Crippen LogP contribution is 2.15. The Bertz CT molecular complexity index is 435. The predicted octanol–water partition coefficient (Wildman–Crippen LogP) is 2.64. The Morgan fingerprint density at radius 1 is 1.44 bits per heavy atom. The van der Waals surface area contributed by atoms with Crippen LogP contribution < -0.4 is 0 Å². The lowest BCUT2D eigenvalue weighted by atomic mass is 9.99. The van der Waals surface area contributed by atoms with Crippen LogP contribution in [0.4, 0.5) is 0 Å². The van der Waals surface area contributed by atoms with Gasteiger partial charge in [0, 0.05) is 0 Å². The quantitative estimate of drug-likeness (QED) is 0.764. The van der Waals surface area contributed by atoms with Crippen LogP contribution in [-0.2, 0) is 14.3 Å². The molecule has 1 aromatic heterocycles. The van der Waals surface area contributed by atoms with E-state index in [1.807, 2.05) is 20.8 Å². The lowest BCUT2D eigenvalue weighted by molar-refractivity contribution is 0.206. The molecule has 0 atom stereocenters. The molecule has 0 saturated carbocycles. The molecule has 0 aromatic carbocycles. The average molecular weight is 244 g/mol. The van der Waals surface area contributed by atoms with Gasteiger partial charge < -0.3 is 4.42 Å². The maximum Gasteiger partial charge on any atom is 0.290 e. The van der Waals surface area contributed by atoms with Gasteiger partial charge in [-0.15, -0.1) is 0 Å². The van der Waals surface area contributed by atoms with Gasteiger partial charge in [0.25, 0.3) is 10.1 Å². The Labute approximate surface area is 96.0 Å². The van der Waals surface area contributed by atoms with Gasteiger partial charge in [0.1, 0.15) is 5.76 Å². The van der Waals surface area contributed by atoms with Crippen LogP contribution in [0, 0.1) is 5.41 Å². The zero-order chi connectivity index (χ0) is 12.2. The largest absolute Gasteiger partial charge is 0.465 e. The molecule has 0 bridgehead atoms.